The highest BCUT2D eigenvalue weighted by Crippen LogP contribution is 2.13. The summed E-state index contributed by atoms with van der Waals surface area (Å²) in [5.41, 5.74) is 5.76. The lowest BCUT2D eigenvalue weighted by Crippen LogP contribution is -2.52. The van der Waals surface area contributed by atoms with Gasteiger partial charge in [0, 0.05) is 37.6 Å². The van der Waals surface area contributed by atoms with E-state index in [2.05, 4.69) is 27.7 Å². The molecule has 2 rings (SSSR count). The Morgan fingerprint density at radius 3 is 2.40 bits per heavy atom. The van der Waals surface area contributed by atoms with Crippen LogP contribution in [0.3, 0.4) is 0 Å². The van der Waals surface area contributed by atoms with E-state index in [0.29, 0.717) is 13.1 Å². The van der Waals surface area contributed by atoms with Gasteiger partial charge in [0.15, 0.2) is 0 Å². The Morgan fingerprint density at radius 1 is 1.24 bits per heavy atom. The van der Waals surface area contributed by atoms with Gasteiger partial charge in [-0.2, -0.15) is 0 Å². The molecule has 6 nitrogen and oxygen atoms in total. The summed E-state index contributed by atoms with van der Waals surface area (Å²) in [5.74, 6) is -0.236. The summed E-state index contributed by atoms with van der Waals surface area (Å²) < 4.78 is 0. The summed E-state index contributed by atoms with van der Waals surface area (Å²) >= 11 is 1.76. The molecule has 1 fully saturated rings. The van der Waals surface area contributed by atoms with Crippen LogP contribution in [-0.2, 0) is 16.1 Å². The molecule has 1 atom stereocenters. The van der Waals surface area contributed by atoms with E-state index in [1.807, 2.05) is 18.7 Å². The van der Waals surface area contributed by atoms with E-state index in [1.165, 1.54) is 4.88 Å². The molecule has 0 spiro atoms. The summed E-state index contributed by atoms with van der Waals surface area (Å²) in [6.45, 7) is 7.89. The van der Waals surface area contributed by atoms with Crippen LogP contribution in [0.2, 0.25) is 0 Å². The first kappa shape index (κ1) is 24.1. The van der Waals surface area contributed by atoms with E-state index >= 15 is 0 Å². The first-order chi connectivity index (χ1) is 11.0. The van der Waals surface area contributed by atoms with Crippen LogP contribution < -0.4 is 11.1 Å². The van der Waals surface area contributed by atoms with Crippen LogP contribution in [0.1, 0.15) is 18.7 Å². The van der Waals surface area contributed by atoms with Gasteiger partial charge in [0.2, 0.25) is 11.8 Å². The van der Waals surface area contributed by atoms with Gasteiger partial charge in [-0.15, -0.1) is 36.2 Å². The molecular weight excluding hydrogens is 383 g/mol. The van der Waals surface area contributed by atoms with Gasteiger partial charge in [-0.05, 0) is 17.4 Å². The van der Waals surface area contributed by atoms with E-state index < -0.39 is 6.04 Å². The molecule has 0 aromatic carbocycles. The summed E-state index contributed by atoms with van der Waals surface area (Å²) in [6.07, 6.45) is 0. The highest BCUT2D eigenvalue weighted by Gasteiger charge is 2.23. The van der Waals surface area contributed by atoms with Crippen molar-refractivity contribution in [1.82, 2.24) is 15.1 Å². The minimum atomic E-state index is -0.564. The SMILES string of the molecule is CC(C)[C@H](N)C(=O)NCC(=O)N1CCN(Cc2cccs2)CC1.Cl.Cl. The van der Waals surface area contributed by atoms with Crippen molar-refractivity contribution < 1.29 is 9.59 Å². The number of nitrogens with one attached hydrogen (secondary N) is 1. The van der Waals surface area contributed by atoms with Gasteiger partial charge in [-0.3, -0.25) is 14.5 Å². The molecule has 1 saturated heterocycles. The number of halogens is 2. The highest BCUT2D eigenvalue weighted by molar-refractivity contribution is 7.09. The molecule has 1 aliphatic rings. The van der Waals surface area contributed by atoms with Crippen molar-refractivity contribution in [3.05, 3.63) is 22.4 Å². The third kappa shape index (κ3) is 7.50. The molecule has 2 heterocycles. The van der Waals surface area contributed by atoms with E-state index in [0.717, 1.165) is 19.6 Å². The molecule has 1 aliphatic heterocycles. The predicted molar refractivity (Wildman–Crippen MR) is 106 cm³/mol. The van der Waals surface area contributed by atoms with Crippen molar-refractivity contribution in [3.8, 4) is 0 Å². The fraction of sp³-hybridized carbons (Fsp3) is 0.625. The third-order valence-corrected chi connectivity index (χ3v) is 4.98. The zero-order valence-corrected chi connectivity index (χ0v) is 17.1. The topological polar surface area (TPSA) is 78.7 Å². The lowest BCUT2D eigenvalue weighted by atomic mass is 10.1. The van der Waals surface area contributed by atoms with Crippen LogP contribution in [-0.4, -0.2) is 60.4 Å². The standard InChI is InChI=1S/C16H26N4O2S.2ClH/c1-12(2)15(17)16(22)18-10-14(21)20-7-5-19(6-8-20)11-13-4-3-9-23-13;;/h3-4,9,12,15H,5-8,10-11,17H2,1-2H3,(H,18,22);2*1H/t15-;;/m0../s1. The third-order valence-electron chi connectivity index (χ3n) is 4.12. The number of nitrogens with two attached hydrogens (primary N) is 1. The molecule has 3 N–H and O–H groups in total. The maximum atomic E-state index is 12.2. The van der Waals surface area contributed by atoms with Crippen LogP contribution in [0.5, 0.6) is 0 Å². The Labute approximate surface area is 165 Å². The zero-order valence-electron chi connectivity index (χ0n) is 14.6. The number of hydrogen-bond acceptors (Lipinski definition) is 5. The van der Waals surface area contributed by atoms with Crippen LogP contribution in [0, 0.1) is 5.92 Å². The first-order valence-corrected chi connectivity index (χ1v) is 8.91. The quantitative estimate of drug-likeness (QED) is 0.741. The predicted octanol–water partition coefficient (Wildman–Crippen LogP) is 1.34. The number of thiophene rings is 1. The second kappa shape index (κ2) is 11.7. The Hall–Kier alpha value is -0.860. The molecule has 144 valence electrons. The number of carbonyl (C=O) groups is 2. The molecule has 1 aromatic rings. The number of rotatable bonds is 6. The maximum absolute atomic E-state index is 12.2. The molecule has 25 heavy (non-hydrogen) atoms. The largest absolute Gasteiger partial charge is 0.346 e. The normalized spacial score (nSPS) is 15.9. The van der Waals surface area contributed by atoms with Gasteiger partial charge >= 0.3 is 0 Å². The minimum Gasteiger partial charge on any atom is -0.346 e. The molecule has 2 amide bonds. The van der Waals surface area contributed by atoms with E-state index in [4.69, 9.17) is 5.73 Å². The Morgan fingerprint density at radius 2 is 1.88 bits per heavy atom. The average molecular weight is 411 g/mol. The molecule has 9 heteroatoms. The summed E-state index contributed by atoms with van der Waals surface area (Å²) in [4.78, 5) is 29.5. The van der Waals surface area contributed by atoms with Crippen LogP contribution in [0.25, 0.3) is 0 Å². The second-order valence-corrected chi connectivity index (χ2v) is 7.26. The van der Waals surface area contributed by atoms with E-state index in [-0.39, 0.29) is 49.1 Å². The number of amides is 2. The van der Waals surface area contributed by atoms with Gasteiger partial charge in [0.05, 0.1) is 12.6 Å². The van der Waals surface area contributed by atoms with Gasteiger partial charge in [0.25, 0.3) is 0 Å². The van der Waals surface area contributed by atoms with Crippen LogP contribution >= 0.6 is 36.2 Å². The number of piperazine rings is 1. The number of carbonyl (C=O) groups excluding carboxylic acids is 2. The van der Waals surface area contributed by atoms with Gasteiger partial charge in [-0.25, -0.2) is 0 Å². The minimum absolute atomic E-state index is 0. The lowest BCUT2D eigenvalue weighted by Gasteiger charge is -2.34. The lowest BCUT2D eigenvalue weighted by molar-refractivity contribution is -0.134. The smallest absolute Gasteiger partial charge is 0.242 e. The van der Waals surface area contributed by atoms with Gasteiger partial charge in [-0.1, -0.05) is 19.9 Å². The molecule has 0 unspecified atom stereocenters. The monoisotopic (exact) mass is 410 g/mol. The molecule has 1 aromatic heterocycles. The van der Waals surface area contributed by atoms with Crippen LogP contribution in [0.4, 0.5) is 0 Å². The fourth-order valence-electron chi connectivity index (χ4n) is 2.47. The van der Waals surface area contributed by atoms with E-state index in [1.54, 1.807) is 11.3 Å². The zero-order chi connectivity index (χ0) is 16.8. The molecule has 0 radical (unpaired) electrons. The van der Waals surface area contributed by atoms with Crippen molar-refractivity contribution in [2.24, 2.45) is 11.7 Å². The molecular formula is C16H28Cl2N4O2S. The van der Waals surface area contributed by atoms with E-state index in [9.17, 15) is 9.59 Å². The number of hydrogen-bond donors (Lipinski definition) is 2. The second-order valence-electron chi connectivity index (χ2n) is 6.22. The summed E-state index contributed by atoms with van der Waals surface area (Å²) in [5, 5.41) is 4.72. The fourth-order valence-corrected chi connectivity index (χ4v) is 3.22. The van der Waals surface area contributed by atoms with Crippen molar-refractivity contribution in [3.63, 3.8) is 0 Å². The van der Waals surface area contributed by atoms with Crippen molar-refractivity contribution in [2.75, 3.05) is 32.7 Å². The van der Waals surface area contributed by atoms with Gasteiger partial charge < -0.3 is 16.0 Å². The first-order valence-electron chi connectivity index (χ1n) is 8.03. The number of nitrogens with zero attached hydrogens (tertiary/aromatic N) is 2. The summed E-state index contributed by atoms with van der Waals surface area (Å²) in [7, 11) is 0. The van der Waals surface area contributed by atoms with Crippen molar-refractivity contribution >= 4 is 48.0 Å². The molecule has 0 bridgehead atoms. The molecule has 0 saturated carbocycles. The maximum Gasteiger partial charge on any atom is 0.242 e. The molecule has 0 aliphatic carbocycles. The van der Waals surface area contributed by atoms with Crippen molar-refractivity contribution in [1.29, 1.82) is 0 Å². The summed E-state index contributed by atoms with van der Waals surface area (Å²) in [6, 6.07) is 3.63. The van der Waals surface area contributed by atoms with Gasteiger partial charge in [0.1, 0.15) is 0 Å². The Balaban J connectivity index is 0.00000288. The van der Waals surface area contributed by atoms with Crippen LogP contribution in [0.15, 0.2) is 17.5 Å². The van der Waals surface area contributed by atoms with Crippen molar-refractivity contribution in [2.45, 2.75) is 26.4 Å². The highest BCUT2D eigenvalue weighted by atomic mass is 35.5. The average Bonchev–Trinajstić information content (AvgIpc) is 3.05. The Kier molecular flexibility index (Phi) is 11.3. The Bertz CT molecular complexity index is 520.